The van der Waals surface area contributed by atoms with E-state index in [1.54, 1.807) is 13.0 Å². The van der Waals surface area contributed by atoms with Crippen molar-refractivity contribution < 1.29 is 14.5 Å². The molecule has 0 fully saturated rings. The minimum absolute atomic E-state index is 0.0184. The highest BCUT2D eigenvalue weighted by molar-refractivity contribution is 9.10. The Hall–Kier alpha value is -1.43. The summed E-state index contributed by atoms with van der Waals surface area (Å²) in [5, 5.41) is 10.7. The number of carbonyl (C=O) groups is 1. The Bertz CT molecular complexity index is 445. The molecule has 0 unspecified atom stereocenters. The number of esters is 1. The first-order chi connectivity index (χ1) is 7.47. The molecule has 0 spiro atoms. The molecule has 6 heteroatoms. The molecule has 0 aliphatic carbocycles. The van der Waals surface area contributed by atoms with E-state index in [0.717, 1.165) is 5.56 Å². The van der Waals surface area contributed by atoms with Gasteiger partial charge >= 0.3 is 5.97 Å². The fraction of sp³-hybridized carbons (Fsp3) is 0.300. The van der Waals surface area contributed by atoms with Crippen LogP contribution in [0.15, 0.2) is 16.6 Å². The van der Waals surface area contributed by atoms with Gasteiger partial charge in [-0.25, -0.2) is 0 Å². The molecule has 86 valence electrons. The molecule has 0 amide bonds. The van der Waals surface area contributed by atoms with E-state index < -0.39 is 10.9 Å². The Balaban J connectivity index is 3.21. The molecule has 0 aliphatic rings. The molecule has 0 saturated carbocycles. The molecule has 0 aliphatic heterocycles. The van der Waals surface area contributed by atoms with E-state index in [0.29, 0.717) is 10.0 Å². The average Bonchev–Trinajstić information content (AvgIpc) is 2.23. The number of hydrogen-bond donors (Lipinski definition) is 0. The van der Waals surface area contributed by atoms with Crippen molar-refractivity contribution in [3.8, 4) is 0 Å². The lowest BCUT2D eigenvalue weighted by Gasteiger charge is -2.07. The van der Waals surface area contributed by atoms with Crippen LogP contribution in [0.5, 0.6) is 0 Å². The van der Waals surface area contributed by atoms with Crippen molar-refractivity contribution in [2.75, 3.05) is 7.11 Å². The van der Waals surface area contributed by atoms with Crippen molar-refractivity contribution in [3.05, 3.63) is 37.8 Å². The lowest BCUT2D eigenvalue weighted by atomic mass is 10.1. The van der Waals surface area contributed by atoms with Gasteiger partial charge in [-0.3, -0.25) is 14.9 Å². The van der Waals surface area contributed by atoms with E-state index in [4.69, 9.17) is 0 Å². The van der Waals surface area contributed by atoms with E-state index in [-0.39, 0.29) is 12.1 Å². The lowest BCUT2D eigenvalue weighted by Crippen LogP contribution is -2.07. The first-order valence-corrected chi connectivity index (χ1v) is 5.26. The average molecular weight is 288 g/mol. The minimum atomic E-state index is -0.496. The number of methoxy groups -OCH3 is 1. The second kappa shape index (κ2) is 5.07. The van der Waals surface area contributed by atoms with Gasteiger partial charge in [-0.15, -0.1) is 0 Å². The van der Waals surface area contributed by atoms with Crippen LogP contribution in [0.3, 0.4) is 0 Å². The molecule has 0 atom stereocenters. The van der Waals surface area contributed by atoms with Crippen LogP contribution >= 0.6 is 15.9 Å². The highest BCUT2D eigenvalue weighted by Gasteiger charge is 2.19. The number of nitrogens with zero attached hydrogens (tertiary/aromatic N) is 1. The molecule has 0 bridgehead atoms. The predicted molar refractivity (Wildman–Crippen MR) is 61.3 cm³/mol. The van der Waals surface area contributed by atoms with Gasteiger partial charge in [0.1, 0.15) is 0 Å². The number of halogens is 1. The van der Waals surface area contributed by atoms with Crippen molar-refractivity contribution in [2.45, 2.75) is 13.3 Å². The topological polar surface area (TPSA) is 69.4 Å². The lowest BCUT2D eigenvalue weighted by molar-refractivity contribution is -0.385. The van der Waals surface area contributed by atoms with Crippen LogP contribution in [0, 0.1) is 17.0 Å². The minimum Gasteiger partial charge on any atom is -0.469 e. The van der Waals surface area contributed by atoms with Crippen LogP contribution < -0.4 is 0 Å². The first-order valence-electron chi connectivity index (χ1n) is 4.46. The molecular weight excluding hydrogens is 278 g/mol. The maximum Gasteiger partial charge on any atom is 0.310 e. The normalized spacial score (nSPS) is 9.94. The van der Waals surface area contributed by atoms with E-state index >= 15 is 0 Å². The maximum absolute atomic E-state index is 11.2. The third-order valence-corrected chi connectivity index (χ3v) is 3.09. The number of rotatable bonds is 3. The van der Waals surface area contributed by atoms with Crippen molar-refractivity contribution in [3.63, 3.8) is 0 Å². The number of nitro benzene ring substituents is 1. The van der Waals surface area contributed by atoms with E-state index in [1.165, 1.54) is 13.2 Å². The van der Waals surface area contributed by atoms with E-state index in [1.807, 2.05) is 0 Å². The monoisotopic (exact) mass is 287 g/mol. The van der Waals surface area contributed by atoms with Crippen LogP contribution in [-0.4, -0.2) is 18.0 Å². The van der Waals surface area contributed by atoms with Gasteiger partial charge in [-0.2, -0.15) is 0 Å². The fourth-order valence-electron chi connectivity index (χ4n) is 1.28. The van der Waals surface area contributed by atoms with Crippen molar-refractivity contribution in [1.29, 1.82) is 0 Å². The van der Waals surface area contributed by atoms with Gasteiger partial charge < -0.3 is 4.74 Å². The van der Waals surface area contributed by atoms with Gasteiger partial charge in [0.05, 0.1) is 22.9 Å². The standard InChI is InChI=1S/C10H10BrNO4/c1-6-3-4-8(12(14)15)10(11)7(6)5-9(13)16-2/h3-4H,5H2,1-2H3. The Morgan fingerprint density at radius 3 is 2.69 bits per heavy atom. The van der Waals surface area contributed by atoms with Crippen LogP contribution in [0.1, 0.15) is 11.1 Å². The third kappa shape index (κ3) is 2.57. The van der Waals surface area contributed by atoms with Crippen molar-refractivity contribution in [2.24, 2.45) is 0 Å². The van der Waals surface area contributed by atoms with Gasteiger partial charge in [0.25, 0.3) is 5.69 Å². The van der Waals surface area contributed by atoms with Crippen LogP contribution in [0.4, 0.5) is 5.69 Å². The Morgan fingerprint density at radius 1 is 1.56 bits per heavy atom. The summed E-state index contributed by atoms with van der Waals surface area (Å²) in [4.78, 5) is 21.4. The number of carbonyl (C=O) groups excluding carboxylic acids is 1. The summed E-state index contributed by atoms with van der Waals surface area (Å²) in [6.45, 7) is 1.78. The molecule has 0 N–H and O–H groups in total. The van der Waals surface area contributed by atoms with E-state index in [9.17, 15) is 14.9 Å². The van der Waals surface area contributed by atoms with Gasteiger partial charge in [0.15, 0.2) is 0 Å². The Morgan fingerprint density at radius 2 is 2.19 bits per heavy atom. The molecule has 1 aromatic rings. The fourth-order valence-corrected chi connectivity index (χ4v) is 2.01. The van der Waals surface area contributed by atoms with Gasteiger partial charge in [-0.1, -0.05) is 6.07 Å². The number of ether oxygens (including phenoxy) is 1. The Kier molecular flexibility index (Phi) is 4.00. The van der Waals surface area contributed by atoms with Crippen LogP contribution in [0.25, 0.3) is 0 Å². The molecule has 1 rings (SSSR count). The number of aryl methyl sites for hydroxylation is 1. The predicted octanol–water partition coefficient (Wildman–Crippen LogP) is 2.38. The zero-order chi connectivity index (χ0) is 12.3. The molecule has 0 heterocycles. The maximum atomic E-state index is 11.2. The van der Waals surface area contributed by atoms with Crippen LogP contribution in [0.2, 0.25) is 0 Å². The largest absolute Gasteiger partial charge is 0.469 e. The summed E-state index contributed by atoms with van der Waals surface area (Å²) in [6.07, 6.45) is 0.0184. The molecule has 0 saturated heterocycles. The molecule has 16 heavy (non-hydrogen) atoms. The Labute approximate surface area is 101 Å². The summed E-state index contributed by atoms with van der Waals surface area (Å²) in [7, 11) is 1.28. The highest BCUT2D eigenvalue weighted by atomic mass is 79.9. The SMILES string of the molecule is COC(=O)Cc1c(C)ccc([N+](=O)[O-])c1Br. The zero-order valence-corrected chi connectivity index (χ0v) is 10.4. The highest BCUT2D eigenvalue weighted by Crippen LogP contribution is 2.31. The van der Waals surface area contributed by atoms with Gasteiger partial charge in [-0.05, 0) is 34.0 Å². The molecule has 0 radical (unpaired) electrons. The third-order valence-electron chi connectivity index (χ3n) is 2.20. The molecular formula is C10H10BrNO4. The summed E-state index contributed by atoms with van der Waals surface area (Å²) >= 11 is 3.14. The smallest absolute Gasteiger partial charge is 0.310 e. The van der Waals surface area contributed by atoms with Gasteiger partial charge in [0, 0.05) is 6.07 Å². The summed E-state index contributed by atoms with van der Waals surface area (Å²) in [5.41, 5.74) is 1.34. The zero-order valence-electron chi connectivity index (χ0n) is 8.82. The molecule has 1 aromatic carbocycles. The van der Waals surface area contributed by atoms with Crippen molar-refractivity contribution >= 4 is 27.6 Å². The number of nitro groups is 1. The number of hydrogen-bond acceptors (Lipinski definition) is 4. The molecule has 5 nitrogen and oxygen atoms in total. The molecule has 0 aromatic heterocycles. The summed E-state index contributed by atoms with van der Waals surface area (Å²) < 4.78 is 4.87. The summed E-state index contributed by atoms with van der Waals surface area (Å²) in [6, 6.07) is 3.02. The second-order valence-corrected chi connectivity index (χ2v) is 4.00. The van der Waals surface area contributed by atoms with Crippen LogP contribution in [-0.2, 0) is 16.0 Å². The van der Waals surface area contributed by atoms with E-state index in [2.05, 4.69) is 20.7 Å². The van der Waals surface area contributed by atoms with Crippen molar-refractivity contribution in [1.82, 2.24) is 0 Å². The second-order valence-electron chi connectivity index (χ2n) is 3.20. The quantitative estimate of drug-likeness (QED) is 0.486. The number of benzene rings is 1. The first kappa shape index (κ1) is 12.6. The van der Waals surface area contributed by atoms with Gasteiger partial charge in [0.2, 0.25) is 0 Å². The summed E-state index contributed by atoms with van der Waals surface area (Å²) in [5.74, 6) is -0.427.